The van der Waals surface area contributed by atoms with E-state index in [1.807, 2.05) is 23.6 Å². The molecule has 0 saturated carbocycles. The van der Waals surface area contributed by atoms with Gasteiger partial charge in [-0.25, -0.2) is 9.97 Å². The molecule has 3 rings (SSSR count). The number of benzene rings is 1. The van der Waals surface area contributed by atoms with Gasteiger partial charge >= 0.3 is 0 Å². The molecule has 102 valence electrons. The van der Waals surface area contributed by atoms with Crippen molar-refractivity contribution in [2.24, 2.45) is 0 Å². The van der Waals surface area contributed by atoms with Crippen LogP contribution in [0.1, 0.15) is 5.56 Å². The van der Waals surface area contributed by atoms with Crippen molar-refractivity contribution in [1.29, 1.82) is 0 Å². The molecule has 0 N–H and O–H groups in total. The predicted molar refractivity (Wildman–Crippen MR) is 85.0 cm³/mol. The fourth-order valence-electron chi connectivity index (χ4n) is 1.82. The van der Waals surface area contributed by atoms with Crippen molar-refractivity contribution >= 4 is 45.6 Å². The zero-order valence-electron chi connectivity index (χ0n) is 10.7. The number of halogens is 1. The van der Waals surface area contributed by atoms with Crippen molar-refractivity contribution < 1.29 is 4.74 Å². The number of pyridine rings is 1. The predicted octanol–water partition coefficient (Wildman–Crippen LogP) is 4.65. The van der Waals surface area contributed by atoms with E-state index in [-0.39, 0.29) is 0 Å². The summed E-state index contributed by atoms with van der Waals surface area (Å²) in [6, 6.07) is 7.88. The lowest BCUT2D eigenvalue weighted by molar-refractivity contribution is 0.415. The van der Waals surface area contributed by atoms with Gasteiger partial charge in [-0.15, -0.1) is 11.3 Å². The lowest BCUT2D eigenvalue weighted by Gasteiger charge is -2.06. The number of ether oxygens (including phenoxy) is 1. The number of aromatic nitrogens is 2. The normalized spacial score (nSPS) is 10.9. The van der Waals surface area contributed by atoms with Crippen LogP contribution in [0.3, 0.4) is 0 Å². The molecule has 3 nitrogen and oxygen atoms in total. The minimum Gasteiger partial charge on any atom is -0.497 e. The van der Waals surface area contributed by atoms with E-state index in [9.17, 15) is 0 Å². The minimum absolute atomic E-state index is 0.537. The molecule has 0 unspecified atom stereocenters. The van der Waals surface area contributed by atoms with Crippen LogP contribution in [0.5, 0.6) is 5.75 Å². The van der Waals surface area contributed by atoms with Crippen molar-refractivity contribution in [1.82, 2.24) is 9.97 Å². The van der Waals surface area contributed by atoms with Crippen molar-refractivity contribution in [3.8, 4) is 5.75 Å². The number of methoxy groups -OCH3 is 1. The fraction of sp³-hybridized carbons (Fsp3) is 0.143. The molecule has 2 heterocycles. The summed E-state index contributed by atoms with van der Waals surface area (Å²) in [6.45, 7) is 0. The lowest BCUT2D eigenvalue weighted by Crippen LogP contribution is -1.90. The van der Waals surface area contributed by atoms with Gasteiger partial charge in [0, 0.05) is 34.3 Å². The standard InChI is InChI=1S/C14H11ClN2OS2/c1-18-11-3-2-9-6-10(13(15)17-12(9)7-11)8-20-14-16-4-5-19-14/h2-7H,8H2,1H3. The van der Waals surface area contributed by atoms with Crippen LogP contribution in [-0.4, -0.2) is 17.1 Å². The van der Waals surface area contributed by atoms with Gasteiger partial charge < -0.3 is 4.74 Å². The van der Waals surface area contributed by atoms with E-state index in [2.05, 4.69) is 16.0 Å². The molecule has 0 aliphatic heterocycles. The number of fused-ring (bicyclic) bond motifs is 1. The summed E-state index contributed by atoms with van der Waals surface area (Å²) in [4.78, 5) is 8.69. The number of rotatable bonds is 4. The van der Waals surface area contributed by atoms with E-state index in [0.29, 0.717) is 5.15 Å². The number of thiazole rings is 1. The summed E-state index contributed by atoms with van der Waals surface area (Å²) in [5.41, 5.74) is 1.86. The van der Waals surface area contributed by atoms with Gasteiger partial charge in [-0.3, -0.25) is 0 Å². The fourth-order valence-corrected chi connectivity index (χ4v) is 3.72. The second-order valence-corrected chi connectivity index (χ2v) is 6.56. The topological polar surface area (TPSA) is 35.0 Å². The van der Waals surface area contributed by atoms with Gasteiger partial charge in [0.25, 0.3) is 0 Å². The molecular formula is C14H11ClN2OS2. The molecule has 0 spiro atoms. The van der Waals surface area contributed by atoms with Gasteiger partial charge in [0.05, 0.1) is 12.6 Å². The second kappa shape index (κ2) is 5.99. The first kappa shape index (κ1) is 13.7. The summed E-state index contributed by atoms with van der Waals surface area (Å²) >= 11 is 9.55. The van der Waals surface area contributed by atoms with Crippen LogP contribution in [0.2, 0.25) is 5.15 Å². The number of nitrogens with zero attached hydrogens (tertiary/aromatic N) is 2. The van der Waals surface area contributed by atoms with Crippen LogP contribution in [0, 0.1) is 0 Å². The van der Waals surface area contributed by atoms with Gasteiger partial charge in [-0.05, 0) is 18.2 Å². The number of hydrogen-bond acceptors (Lipinski definition) is 5. The molecule has 0 fully saturated rings. The highest BCUT2D eigenvalue weighted by molar-refractivity contribution is 8.00. The van der Waals surface area contributed by atoms with Crippen molar-refractivity contribution in [2.45, 2.75) is 10.1 Å². The minimum atomic E-state index is 0.537. The molecule has 3 aromatic rings. The largest absolute Gasteiger partial charge is 0.497 e. The zero-order chi connectivity index (χ0) is 13.9. The molecule has 0 bridgehead atoms. The van der Waals surface area contributed by atoms with E-state index in [1.54, 1.807) is 36.4 Å². The summed E-state index contributed by atoms with van der Waals surface area (Å²) in [5, 5.41) is 3.56. The number of hydrogen-bond donors (Lipinski definition) is 0. The SMILES string of the molecule is COc1ccc2cc(CSc3nccs3)c(Cl)nc2c1. The Bertz CT molecular complexity index is 731. The smallest absolute Gasteiger partial charge is 0.150 e. The van der Waals surface area contributed by atoms with Crippen LogP contribution in [0.4, 0.5) is 0 Å². The third-order valence-electron chi connectivity index (χ3n) is 2.81. The monoisotopic (exact) mass is 322 g/mol. The molecule has 0 radical (unpaired) electrons. The Morgan fingerprint density at radius 1 is 1.35 bits per heavy atom. The van der Waals surface area contributed by atoms with Gasteiger partial charge in [-0.1, -0.05) is 23.4 Å². The van der Waals surface area contributed by atoms with Crippen molar-refractivity contribution in [3.63, 3.8) is 0 Å². The van der Waals surface area contributed by atoms with Crippen LogP contribution < -0.4 is 4.74 Å². The van der Waals surface area contributed by atoms with Crippen LogP contribution in [0.15, 0.2) is 40.2 Å². The number of thioether (sulfide) groups is 1. The average molecular weight is 323 g/mol. The molecule has 0 saturated heterocycles. The molecule has 0 amide bonds. The van der Waals surface area contributed by atoms with E-state index < -0.39 is 0 Å². The summed E-state index contributed by atoms with van der Waals surface area (Å²) < 4.78 is 6.23. The maximum atomic E-state index is 6.26. The summed E-state index contributed by atoms with van der Waals surface area (Å²) in [6.07, 6.45) is 1.81. The Morgan fingerprint density at radius 2 is 2.25 bits per heavy atom. The molecular weight excluding hydrogens is 312 g/mol. The zero-order valence-corrected chi connectivity index (χ0v) is 13.1. The Morgan fingerprint density at radius 3 is 3.00 bits per heavy atom. The second-order valence-electron chi connectivity index (χ2n) is 4.08. The van der Waals surface area contributed by atoms with E-state index in [1.165, 1.54) is 0 Å². The van der Waals surface area contributed by atoms with E-state index >= 15 is 0 Å². The summed E-state index contributed by atoms with van der Waals surface area (Å²) in [5.74, 6) is 1.55. The molecule has 0 aliphatic carbocycles. The van der Waals surface area contributed by atoms with Gasteiger partial charge in [-0.2, -0.15) is 0 Å². The first-order chi connectivity index (χ1) is 9.76. The van der Waals surface area contributed by atoms with Crippen molar-refractivity contribution in [2.75, 3.05) is 7.11 Å². The summed E-state index contributed by atoms with van der Waals surface area (Å²) in [7, 11) is 1.64. The van der Waals surface area contributed by atoms with Crippen LogP contribution >= 0.6 is 34.7 Å². The molecule has 2 aromatic heterocycles. The Hall–Kier alpha value is -1.30. The maximum absolute atomic E-state index is 6.26. The first-order valence-corrected chi connectivity index (χ1v) is 8.16. The highest BCUT2D eigenvalue weighted by Crippen LogP contribution is 2.30. The van der Waals surface area contributed by atoms with Crippen molar-refractivity contribution in [3.05, 3.63) is 46.6 Å². The van der Waals surface area contributed by atoms with Gasteiger partial charge in [0.2, 0.25) is 0 Å². The molecule has 20 heavy (non-hydrogen) atoms. The van der Waals surface area contributed by atoms with E-state index in [0.717, 1.165) is 32.3 Å². The first-order valence-electron chi connectivity index (χ1n) is 5.92. The Labute approximate surface area is 130 Å². The quantitative estimate of drug-likeness (QED) is 0.517. The van der Waals surface area contributed by atoms with Crippen LogP contribution in [-0.2, 0) is 5.75 Å². The Kier molecular flexibility index (Phi) is 4.10. The third kappa shape index (κ3) is 2.90. The van der Waals surface area contributed by atoms with Gasteiger partial charge in [0.1, 0.15) is 15.2 Å². The van der Waals surface area contributed by atoms with E-state index in [4.69, 9.17) is 16.3 Å². The molecule has 1 aromatic carbocycles. The molecule has 6 heteroatoms. The third-order valence-corrected chi connectivity index (χ3v) is 5.15. The van der Waals surface area contributed by atoms with Crippen LogP contribution in [0.25, 0.3) is 10.9 Å². The highest BCUT2D eigenvalue weighted by atomic mass is 35.5. The lowest BCUT2D eigenvalue weighted by atomic mass is 10.1. The highest BCUT2D eigenvalue weighted by Gasteiger charge is 2.07. The maximum Gasteiger partial charge on any atom is 0.150 e. The Balaban J connectivity index is 1.89. The average Bonchev–Trinajstić information content (AvgIpc) is 2.97. The molecule has 0 atom stereocenters. The van der Waals surface area contributed by atoms with Gasteiger partial charge in [0.15, 0.2) is 0 Å². The molecule has 0 aliphatic rings.